The molecule has 106 valence electrons. The molecule has 0 saturated carbocycles. The van der Waals surface area contributed by atoms with Gasteiger partial charge in [-0.05, 0) is 28.8 Å². The van der Waals surface area contributed by atoms with Crippen molar-refractivity contribution in [2.45, 2.75) is 19.8 Å². The lowest BCUT2D eigenvalue weighted by Crippen LogP contribution is -2.01. The van der Waals surface area contributed by atoms with E-state index in [1.807, 2.05) is 6.07 Å². The van der Waals surface area contributed by atoms with Crippen LogP contribution in [0.5, 0.6) is 0 Å². The summed E-state index contributed by atoms with van der Waals surface area (Å²) in [5.74, 6) is 0. The number of nitrogens with one attached hydrogen (secondary N) is 1. The molecule has 0 amide bonds. The number of anilines is 1. The van der Waals surface area contributed by atoms with Crippen LogP contribution in [-0.4, -0.2) is 14.2 Å². The molecule has 0 atom stereocenters. The van der Waals surface area contributed by atoms with E-state index in [1.165, 1.54) is 16.7 Å². The molecule has 0 aliphatic rings. The van der Waals surface area contributed by atoms with Gasteiger partial charge in [-0.2, -0.15) is 0 Å². The molecule has 2 aromatic rings. The predicted molar refractivity (Wildman–Crippen MR) is 81.6 cm³/mol. The van der Waals surface area contributed by atoms with Crippen LogP contribution in [0.15, 0.2) is 48.5 Å². The van der Waals surface area contributed by atoms with Crippen molar-refractivity contribution in [2.75, 3.05) is 19.5 Å². The largest absolute Gasteiger partial charge is 0.381 e. The highest BCUT2D eigenvalue weighted by atomic mass is 16.5. The highest BCUT2D eigenvalue weighted by molar-refractivity contribution is 5.46. The Balaban J connectivity index is 1.97. The zero-order valence-corrected chi connectivity index (χ0v) is 12.1. The Hall–Kier alpha value is -1.84. The lowest BCUT2D eigenvalue weighted by molar-refractivity contribution is 0.185. The SMILES string of the molecule is COCc1cccc(CNc2cccc(COC)c2)c1. The number of hydrogen-bond acceptors (Lipinski definition) is 3. The molecule has 2 aromatic carbocycles. The van der Waals surface area contributed by atoms with Crippen molar-refractivity contribution in [1.29, 1.82) is 0 Å². The van der Waals surface area contributed by atoms with Crippen molar-refractivity contribution in [3.8, 4) is 0 Å². The Morgan fingerprint density at radius 2 is 1.40 bits per heavy atom. The van der Waals surface area contributed by atoms with Gasteiger partial charge in [0.1, 0.15) is 0 Å². The maximum atomic E-state index is 5.15. The Kier molecular flexibility index (Phi) is 5.59. The first-order valence-corrected chi connectivity index (χ1v) is 6.70. The van der Waals surface area contributed by atoms with Crippen molar-refractivity contribution in [3.05, 3.63) is 65.2 Å². The van der Waals surface area contributed by atoms with Gasteiger partial charge in [0.2, 0.25) is 0 Å². The van der Waals surface area contributed by atoms with Gasteiger partial charge < -0.3 is 14.8 Å². The van der Waals surface area contributed by atoms with E-state index in [0.717, 1.165) is 12.2 Å². The van der Waals surface area contributed by atoms with E-state index in [-0.39, 0.29) is 0 Å². The van der Waals surface area contributed by atoms with E-state index >= 15 is 0 Å². The van der Waals surface area contributed by atoms with Gasteiger partial charge in [0.05, 0.1) is 13.2 Å². The normalized spacial score (nSPS) is 10.5. The van der Waals surface area contributed by atoms with E-state index < -0.39 is 0 Å². The second-order valence-corrected chi connectivity index (χ2v) is 4.74. The minimum absolute atomic E-state index is 0.638. The van der Waals surface area contributed by atoms with Gasteiger partial charge in [-0.15, -0.1) is 0 Å². The first-order chi connectivity index (χ1) is 9.81. The summed E-state index contributed by atoms with van der Waals surface area (Å²) in [7, 11) is 3.42. The minimum Gasteiger partial charge on any atom is -0.381 e. The molecule has 1 N–H and O–H groups in total. The molecule has 0 radical (unpaired) electrons. The molecular formula is C17H21NO2. The van der Waals surface area contributed by atoms with Crippen LogP contribution in [0, 0.1) is 0 Å². The molecule has 3 heteroatoms. The average Bonchev–Trinajstić information content (AvgIpc) is 2.47. The summed E-state index contributed by atoms with van der Waals surface area (Å²) in [5, 5.41) is 3.43. The number of hydrogen-bond donors (Lipinski definition) is 1. The zero-order valence-electron chi connectivity index (χ0n) is 12.1. The van der Waals surface area contributed by atoms with Crippen LogP contribution in [0.3, 0.4) is 0 Å². The molecule has 2 rings (SSSR count). The molecule has 0 aliphatic carbocycles. The Morgan fingerprint density at radius 3 is 2.10 bits per heavy atom. The minimum atomic E-state index is 0.638. The van der Waals surface area contributed by atoms with Gasteiger partial charge in [0.25, 0.3) is 0 Å². The summed E-state index contributed by atoms with van der Waals surface area (Å²) < 4.78 is 10.3. The number of ether oxygens (including phenoxy) is 2. The summed E-state index contributed by atoms with van der Waals surface area (Å²) in [6.07, 6.45) is 0. The summed E-state index contributed by atoms with van der Waals surface area (Å²) in [6.45, 7) is 2.09. The van der Waals surface area contributed by atoms with E-state index in [0.29, 0.717) is 13.2 Å². The summed E-state index contributed by atoms with van der Waals surface area (Å²) in [5.41, 5.74) is 4.72. The second kappa shape index (κ2) is 7.68. The molecule has 20 heavy (non-hydrogen) atoms. The Morgan fingerprint density at radius 1 is 0.800 bits per heavy atom. The molecule has 0 bridgehead atoms. The molecule has 0 aromatic heterocycles. The Bertz CT molecular complexity index is 491. The molecule has 0 spiro atoms. The third kappa shape index (κ3) is 4.37. The fourth-order valence-corrected chi connectivity index (χ4v) is 2.14. The molecule has 0 heterocycles. The van der Waals surface area contributed by atoms with Crippen LogP contribution >= 0.6 is 0 Å². The fourth-order valence-electron chi connectivity index (χ4n) is 2.14. The first kappa shape index (κ1) is 14.6. The maximum absolute atomic E-state index is 5.15. The molecule has 0 aliphatic heterocycles. The number of benzene rings is 2. The van der Waals surface area contributed by atoms with E-state index in [9.17, 15) is 0 Å². The average molecular weight is 271 g/mol. The first-order valence-electron chi connectivity index (χ1n) is 6.70. The van der Waals surface area contributed by atoms with Gasteiger partial charge in [-0.1, -0.05) is 36.4 Å². The van der Waals surface area contributed by atoms with Crippen molar-refractivity contribution < 1.29 is 9.47 Å². The van der Waals surface area contributed by atoms with Crippen LogP contribution in [-0.2, 0) is 29.2 Å². The van der Waals surface area contributed by atoms with Crippen LogP contribution in [0.4, 0.5) is 5.69 Å². The van der Waals surface area contributed by atoms with Gasteiger partial charge in [0.15, 0.2) is 0 Å². The van der Waals surface area contributed by atoms with E-state index in [1.54, 1.807) is 14.2 Å². The molecule has 3 nitrogen and oxygen atoms in total. The third-order valence-corrected chi connectivity index (χ3v) is 3.04. The Labute approximate surface area is 120 Å². The van der Waals surface area contributed by atoms with Crippen LogP contribution in [0.25, 0.3) is 0 Å². The summed E-state index contributed by atoms with van der Waals surface area (Å²) >= 11 is 0. The number of rotatable bonds is 7. The van der Waals surface area contributed by atoms with Crippen LogP contribution in [0.2, 0.25) is 0 Å². The monoisotopic (exact) mass is 271 g/mol. The summed E-state index contributed by atoms with van der Waals surface area (Å²) in [4.78, 5) is 0. The quantitative estimate of drug-likeness (QED) is 0.834. The fraction of sp³-hybridized carbons (Fsp3) is 0.294. The van der Waals surface area contributed by atoms with Crippen LogP contribution in [0.1, 0.15) is 16.7 Å². The smallest absolute Gasteiger partial charge is 0.0713 e. The van der Waals surface area contributed by atoms with Gasteiger partial charge in [-0.25, -0.2) is 0 Å². The van der Waals surface area contributed by atoms with Crippen molar-refractivity contribution in [1.82, 2.24) is 0 Å². The molecule has 0 unspecified atom stereocenters. The van der Waals surface area contributed by atoms with Gasteiger partial charge >= 0.3 is 0 Å². The standard InChI is InChI=1S/C17H21NO2/c1-19-12-15-6-3-5-14(9-15)11-18-17-8-4-7-16(10-17)13-20-2/h3-10,18H,11-13H2,1-2H3. The van der Waals surface area contributed by atoms with Crippen molar-refractivity contribution in [3.63, 3.8) is 0 Å². The van der Waals surface area contributed by atoms with Crippen LogP contribution < -0.4 is 5.32 Å². The van der Waals surface area contributed by atoms with Gasteiger partial charge in [0, 0.05) is 26.5 Å². The molecule has 0 saturated heterocycles. The maximum Gasteiger partial charge on any atom is 0.0713 e. The molecule has 0 fully saturated rings. The van der Waals surface area contributed by atoms with Gasteiger partial charge in [-0.3, -0.25) is 0 Å². The lowest BCUT2D eigenvalue weighted by Gasteiger charge is -2.09. The topological polar surface area (TPSA) is 30.5 Å². The van der Waals surface area contributed by atoms with E-state index in [2.05, 4.69) is 47.8 Å². The van der Waals surface area contributed by atoms with Crippen molar-refractivity contribution in [2.24, 2.45) is 0 Å². The molecular weight excluding hydrogens is 250 g/mol. The predicted octanol–water partition coefficient (Wildman–Crippen LogP) is 3.59. The zero-order chi connectivity index (χ0) is 14.2. The number of methoxy groups -OCH3 is 2. The lowest BCUT2D eigenvalue weighted by atomic mass is 10.1. The second-order valence-electron chi connectivity index (χ2n) is 4.74. The highest BCUT2D eigenvalue weighted by Gasteiger charge is 1.98. The third-order valence-electron chi connectivity index (χ3n) is 3.04. The van der Waals surface area contributed by atoms with E-state index in [4.69, 9.17) is 9.47 Å². The highest BCUT2D eigenvalue weighted by Crippen LogP contribution is 2.14. The van der Waals surface area contributed by atoms with Crippen molar-refractivity contribution >= 4 is 5.69 Å². The summed E-state index contributed by atoms with van der Waals surface area (Å²) in [6, 6.07) is 16.7.